The van der Waals surface area contributed by atoms with Gasteiger partial charge in [-0.2, -0.15) is 5.10 Å². The van der Waals surface area contributed by atoms with E-state index in [0.29, 0.717) is 26.3 Å². The summed E-state index contributed by atoms with van der Waals surface area (Å²) < 4.78 is 12.1. The van der Waals surface area contributed by atoms with Crippen molar-refractivity contribution in [1.29, 1.82) is 0 Å². The summed E-state index contributed by atoms with van der Waals surface area (Å²) in [7, 11) is 3.54. The maximum absolute atomic E-state index is 12.3. The Morgan fingerprint density at radius 3 is 2.97 bits per heavy atom. The third kappa shape index (κ3) is 4.50. The number of amides is 1. The van der Waals surface area contributed by atoms with E-state index in [9.17, 15) is 4.79 Å². The molecule has 10 nitrogen and oxygen atoms in total. The van der Waals surface area contributed by atoms with Crippen LogP contribution in [0.15, 0.2) is 42.9 Å². The van der Waals surface area contributed by atoms with Gasteiger partial charge in [-0.05, 0) is 36.3 Å². The molecule has 0 saturated heterocycles. The maximum Gasteiger partial charge on any atom is 0.248 e. The number of hydrogen-bond donors (Lipinski definition) is 2. The standard InChI is InChI=1S/C24H27N7O3/c1-30-21-4-3-18(11-17(21)13-27-30)28-23-19-12-20(29-24(19)26-15-25-23)16-5-7-31(8-6-16)22(32)14-34-10-9-33-2/h3-5,11-13,15H,6-10,14H2,1-2H3,(H2,25,26,28,29). The maximum atomic E-state index is 12.3. The number of rotatable bonds is 8. The van der Waals surface area contributed by atoms with Gasteiger partial charge in [0.2, 0.25) is 5.91 Å². The number of carbonyl (C=O) groups excluding carboxylic acids is 1. The third-order valence-corrected chi connectivity index (χ3v) is 6.00. The molecule has 1 aromatic carbocycles. The van der Waals surface area contributed by atoms with Gasteiger partial charge in [0.05, 0.1) is 30.3 Å². The second kappa shape index (κ2) is 9.62. The molecule has 0 fully saturated rings. The highest BCUT2D eigenvalue weighted by Gasteiger charge is 2.19. The Morgan fingerprint density at radius 1 is 1.24 bits per heavy atom. The summed E-state index contributed by atoms with van der Waals surface area (Å²) in [5.41, 5.74) is 4.92. The first-order valence-corrected chi connectivity index (χ1v) is 11.2. The van der Waals surface area contributed by atoms with E-state index in [1.54, 1.807) is 18.3 Å². The summed E-state index contributed by atoms with van der Waals surface area (Å²) in [6.07, 6.45) is 6.23. The quantitative estimate of drug-likeness (QED) is 0.388. The van der Waals surface area contributed by atoms with Crippen molar-refractivity contribution in [3.8, 4) is 0 Å². The number of benzene rings is 1. The van der Waals surface area contributed by atoms with Crippen molar-refractivity contribution in [3.05, 3.63) is 48.6 Å². The van der Waals surface area contributed by atoms with E-state index in [1.165, 1.54) is 0 Å². The van der Waals surface area contributed by atoms with Crippen LogP contribution in [0.4, 0.5) is 11.5 Å². The molecule has 2 N–H and O–H groups in total. The number of aromatic nitrogens is 5. The summed E-state index contributed by atoms with van der Waals surface area (Å²) >= 11 is 0. The first kappa shape index (κ1) is 22.1. The van der Waals surface area contributed by atoms with Gasteiger partial charge in [0.1, 0.15) is 24.4 Å². The van der Waals surface area contributed by atoms with Gasteiger partial charge in [0.15, 0.2) is 0 Å². The number of aromatic amines is 1. The number of ether oxygens (including phenoxy) is 2. The lowest BCUT2D eigenvalue weighted by atomic mass is 10.0. The average Bonchev–Trinajstić information content (AvgIpc) is 3.46. The Morgan fingerprint density at radius 2 is 2.15 bits per heavy atom. The van der Waals surface area contributed by atoms with Crippen molar-refractivity contribution in [2.24, 2.45) is 7.05 Å². The highest BCUT2D eigenvalue weighted by atomic mass is 16.5. The number of nitrogens with one attached hydrogen (secondary N) is 2. The van der Waals surface area contributed by atoms with Crippen LogP contribution in [0.5, 0.6) is 0 Å². The van der Waals surface area contributed by atoms with Crippen molar-refractivity contribution in [2.45, 2.75) is 6.42 Å². The molecule has 3 aromatic heterocycles. The zero-order valence-electron chi connectivity index (χ0n) is 19.2. The lowest BCUT2D eigenvalue weighted by molar-refractivity contribution is -0.136. The van der Waals surface area contributed by atoms with Crippen molar-refractivity contribution in [2.75, 3.05) is 45.3 Å². The van der Waals surface area contributed by atoms with Crippen LogP contribution in [0.1, 0.15) is 12.1 Å². The fraction of sp³-hybridized carbons (Fsp3) is 0.333. The fourth-order valence-electron chi connectivity index (χ4n) is 4.12. The normalized spacial score (nSPS) is 14.1. The minimum absolute atomic E-state index is 0.00834. The first-order valence-electron chi connectivity index (χ1n) is 11.2. The molecule has 0 bridgehead atoms. The predicted octanol–water partition coefficient (Wildman–Crippen LogP) is 2.87. The molecule has 0 saturated carbocycles. The molecule has 1 aliphatic rings. The predicted molar refractivity (Wildman–Crippen MR) is 130 cm³/mol. The Bertz CT molecular complexity index is 1360. The summed E-state index contributed by atoms with van der Waals surface area (Å²) in [6, 6.07) is 8.17. The number of methoxy groups -OCH3 is 1. The Kier molecular flexibility index (Phi) is 6.24. The highest BCUT2D eigenvalue weighted by Crippen LogP contribution is 2.30. The third-order valence-electron chi connectivity index (χ3n) is 6.00. The summed E-state index contributed by atoms with van der Waals surface area (Å²) in [5.74, 6) is 0.725. The van der Waals surface area contributed by atoms with Crippen LogP contribution in [0.25, 0.3) is 27.5 Å². The second-order valence-electron chi connectivity index (χ2n) is 8.20. The largest absolute Gasteiger partial charge is 0.382 e. The Hall–Kier alpha value is -3.76. The van der Waals surface area contributed by atoms with Crippen LogP contribution in [0, 0.1) is 0 Å². The molecular weight excluding hydrogens is 434 g/mol. The molecule has 1 aliphatic heterocycles. The molecule has 4 aromatic rings. The molecule has 0 atom stereocenters. The van der Waals surface area contributed by atoms with Crippen molar-refractivity contribution in [3.63, 3.8) is 0 Å². The minimum atomic E-state index is -0.00834. The molecule has 1 amide bonds. The van der Waals surface area contributed by atoms with Gasteiger partial charge in [-0.3, -0.25) is 9.48 Å². The SMILES string of the molecule is COCCOCC(=O)N1CC=C(c2cc3c(Nc4ccc5c(cnn5C)c4)ncnc3[nH]2)CC1. The van der Waals surface area contributed by atoms with Gasteiger partial charge in [-0.1, -0.05) is 6.08 Å². The van der Waals surface area contributed by atoms with Crippen LogP contribution >= 0.6 is 0 Å². The van der Waals surface area contributed by atoms with Gasteiger partial charge in [0.25, 0.3) is 0 Å². The van der Waals surface area contributed by atoms with Gasteiger partial charge >= 0.3 is 0 Å². The second-order valence-corrected chi connectivity index (χ2v) is 8.20. The van der Waals surface area contributed by atoms with Gasteiger partial charge in [-0.25, -0.2) is 9.97 Å². The Labute approximate surface area is 196 Å². The molecule has 0 aliphatic carbocycles. The zero-order valence-corrected chi connectivity index (χ0v) is 19.2. The van der Waals surface area contributed by atoms with Crippen molar-refractivity contribution < 1.29 is 14.3 Å². The van der Waals surface area contributed by atoms with E-state index in [0.717, 1.165) is 51.1 Å². The molecule has 34 heavy (non-hydrogen) atoms. The van der Waals surface area contributed by atoms with E-state index in [-0.39, 0.29) is 12.5 Å². The van der Waals surface area contributed by atoms with Crippen LogP contribution in [0.3, 0.4) is 0 Å². The zero-order chi connectivity index (χ0) is 23.5. The van der Waals surface area contributed by atoms with Crippen LogP contribution in [-0.4, -0.2) is 75.6 Å². The van der Waals surface area contributed by atoms with Crippen LogP contribution in [0.2, 0.25) is 0 Å². The molecule has 0 radical (unpaired) electrons. The van der Waals surface area contributed by atoms with E-state index in [4.69, 9.17) is 9.47 Å². The number of nitrogens with zero attached hydrogens (tertiary/aromatic N) is 5. The molecule has 0 spiro atoms. The van der Waals surface area contributed by atoms with Gasteiger partial charge in [0, 0.05) is 44.0 Å². The van der Waals surface area contributed by atoms with Crippen LogP contribution in [-0.2, 0) is 21.3 Å². The Balaban J connectivity index is 1.30. The molecule has 176 valence electrons. The number of anilines is 2. The number of H-pyrrole nitrogens is 1. The van der Waals surface area contributed by atoms with E-state index in [1.807, 2.05) is 30.1 Å². The molecule has 4 heterocycles. The van der Waals surface area contributed by atoms with Crippen molar-refractivity contribution in [1.82, 2.24) is 29.6 Å². The van der Waals surface area contributed by atoms with Crippen LogP contribution < -0.4 is 5.32 Å². The first-order chi connectivity index (χ1) is 16.6. The van der Waals surface area contributed by atoms with E-state index >= 15 is 0 Å². The lowest BCUT2D eigenvalue weighted by Crippen LogP contribution is -2.37. The molecule has 10 heteroatoms. The fourth-order valence-corrected chi connectivity index (χ4v) is 4.12. The smallest absolute Gasteiger partial charge is 0.248 e. The van der Waals surface area contributed by atoms with E-state index < -0.39 is 0 Å². The summed E-state index contributed by atoms with van der Waals surface area (Å²) in [6.45, 7) is 2.18. The summed E-state index contributed by atoms with van der Waals surface area (Å²) in [4.78, 5) is 26.4. The monoisotopic (exact) mass is 461 g/mol. The number of hydrogen-bond acceptors (Lipinski definition) is 7. The lowest BCUT2D eigenvalue weighted by Gasteiger charge is -2.26. The van der Waals surface area contributed by atoms with Crippen molar-refractivity contribution >= 4 is 44.9 Å². The highest BCUT2D eigenvalue weighted by molar-refractivity contribution is 5.93. The average molecular weight is 462 g/mol. The van der Waals surface area contributed by atoms with Gasteiger partial charge < -0.3 is 24.7 Å². The molecular formula is C24H27N7O3. The number of fused-ring (bicyclic) bond motifs is 2. The van der Waals surface area contributed by atoms with E-state index in [2.05, 4.69) is 43.6 Å². The minimum Gasteiger partial charge on any atom is -0.382 e. The van der Waals surface area contributed by atoms with Gasteiger partial charge in [-0.15, -0.1) is 0 Å². The number of carbonyl (C=O) groups is 1. The molecule has 0 unspecified atom stereocenters. The molecule has 5 rings (SSSR count). The topological polar surface area (TPSA) is 110 Å². The summed E-state index contributed by atoms with van der Waals surface area (Å²) in [5, 5.41) is 9.68. The number of aryl methyl sites for hydroxylation is 1.